The molecule has 0 bridgehead atoms. The average molecular weight is 298 g/mol. The second-order valence-electron chi connectivity index (χ2n) is 3.93. The van der Waals surface area contributed by atoms with E-state index in [1.807, 2.05) is 18.7 Å². The molecule has 0 radical (unpaired) electrons. The lowest BCUT2D eigenvalue weighted by atomic mass is 10.3. The van der Waals surface area contributed by atoms with E-state index in [9.17, 15) is 10.2 Å². The van der Waals surface area contributed by atoms with Gasteiger partial charge in [-0.15, -0.1) is 0 Å². The minimum atomic E-state index is -0.405. The van der Waals surface area contributed by atoms with Crippen molar-refractivity contribution in [1.29, 1.82) is 0 Å². The van der Waals surface area contributed by atoms with E-state index < -0.39 is 6.10 Å². The summed E-state index contributed by atoms with van der Waals surface area (Å²) in [6, 6.07) is 0. The van der Waals surface area contributed by atoms with Gasteiger partial charge in [0.2, 0.25) is 0 Å². The van der Waals surface area contributed by atoms with Crippen LogP contribution in [0.25, 0.3) is 0 Å². The standard InChI is InChI=1S/C12H26O4S2/c1-3-11(13)8-15-4-5-16-9-12(14)10-18-7-6-17-2/h11-14H,3-10H2,1-2H3. The largest absolute Gasteiger partial charge is 0.391 e. The molecule has 2 N–H and O–H groups in total. The van der Waals surface area contributed by atoms with Gasteiger partial charge in [0.05, 0.1) is 38.6 Å². The fourth-order valence-corrected chi connectivity index (χ4v) is 2.76. The summed E-state index contributed by atoms with van der Waals surface area (Å²) >= 11 is 3.56. The molecule has 2 atom stereocenters. The van der Waals surface area contributed by atoms with Gasteiger partial charge in [0, 0.05) is 17.3 Å². The quantitative estimate of drug-likeness (QED) is 0.499. The molecule has 0 fully saturated rings. The second-order valence-corrected chi connectivity index (χ2v) is 6.07. The van der Waals surface area contributed by atoms with Crippen molar-refractivity contribution in [3.8, 4) is 0 Å². The molecular weight excluding hydrogens is 272 g/mol. The number of rotatable bonds is 13. The molecule has 0 saturated heterocycles. The first-order valence-corrected chi connectivity index (χ1v) is 8.83. The Morgan fingerprint density at radius 1 is 1.00 bits per heavy atom. The third-order valence-electron chi connectivity index (χ3n) is 2.21. The lowest BCUT2D eigenvalue weighted by Crippen LogP contribution is -2.21. The fraction of sp³-hybridized carbons (Fsp3) is 1.00. The molecule has 0 saturated carbocycles. The van der Waals surface area contributed by atoms with Crippen LogP contribution in [0.5, 0.6) is 0 Å². The Kier molecular flexibility index (Phi) is 14.4. The number of aliphatic hydroxyl groups excluding tert-OH is 2. The Balaban J connectivity index is 3.17. The van der Waals surface area contributed by atoms with Crippen molar-refractivity contribution in [1.82, 2.24) is 0 Å². The predicted octanol–water partition coefficient (Wildman–Crippen LogP) is 1.25. The zero-order valence-corrected chi connectivity index (χ0v) is 13.0. The van der Waals surface area contributed by atoms with Gasteiger partial charge in [0.1, 0.15) is 0 Å². The molecule has 2 unspecified atom stereocenters. The third kappa shape index (κ3) is 13.0. The highest BCUT2D eigenvalue weighted by molar-refractivity contribution is 8.02. The first kappa shape index (κ1) is 18.5. The van der Waals surface area contributed by atoms with Crippen LogP contribution in [-0.4, -0.2) is 72.4 Å². The van der Waals surface area contributed by atoms with Crippen LogP contribution >= 0.6 is 23.5 Å². The summed E-state index contributed by atoms with van der Waals surface area (Å²) in [6.07, 6.45) is 1.99. The fourth-order valence-electron chi connectivity index (χ4n) is 1.08. The summed E-state index contributed by atoms with van der Waals surface area (Å²) in [4.78, 5) is 0. The zero-order valence-electron chi connectivity index (χ0n) is 11.3. The lowest BCUT2D eigenvalue weighted by molar-refractivity contribution is -0.0134. The van der Waals surface area contributed by atoms with Gasteiger partial charge in [-0.2, -0.15) is 23.5 Å². The molecule has 110 valence electrons. The Bertz CT molecular complexity index is 172. The molecule has 0 aromatic carbocycles. The number of hydrogen-bond donors (Lipinski definition) is 2. The van der Waals surface area contributed by atoms with Crippen LogP contribution in [0.3, 0.4) is 0 Å². The highest BCUT2D eigenvalue weighted by Crippen LogP contribution is 2.06. The van der Waals surface area contributed by atoms with E-state index in [-0.39, 0.29) is 6.10 Å². The highest BCUT2D eigenvalue weighted by Gasteiger charge is 2.04. The van der Waals surface area contributed by atoms with Crippen LogP contribution in [0.15, 0.2) is 0 Å². The van der Waals surface area contributed by atoms with Gasteiger partial charge in [-0.05, 0) is 12.7 Å². The highest BCUT2D eigenvalue weighted by atomic mass is 32.2. The summed E-state index contributed by atoms with van der Waals surface area (Å²) in [6.45, 7) is 3.54. The molecule has 4 nitrogen and oxygen atoms in total. The van der Waals surface area contributed by atoms with Gasteiger partial charge in [-0.25, -0.2) is 0 Å². The minimum absolute atomic E-state index is 0.353. The van der Waals surface area contributed by atoms with Gasteiger partial charge in [0.25, 0.3) is 0 Å². The minimum Gasteiger partial charge on any atom is -0.391 e. The van der Waals surface area contributed by atoms with E-state index in [2.05, 4.69) is 6.26 Å². The molecule has 18 heavy (non-hydrogen) atoms. The van der Waals surface area contributed by atoms with Gasteiger partial charge in [-0.1, -0.05) is 6.92 Å². The first-order chi connectivity index (χ1) is 8.70. The van der Waals surface area contributed by atoms with E-state index in [1.165, 1.54) is 0 Å². The van der Waals surface area contributed by atoms with Crippen LogP contribution in [0.1, 0.15) is 13.3 Å². The third-order valence-corrected chi connectivity index (χ3v) is 4.19. The van der Waals surface area contributed by atoms with E-state index in [0.29, 0.717) is 32.8 Å². The van der Waals surface area contributed by atoms with Gasteiger partial charge >= 0.3 is 0 Å². The number of ether oxygens (including phenoxy) is 2. The van der Waals surface area contributed by atoms with Crippen LogP contribution in [0.2, 0.25) is 0 Å². The number of hydrogen-bond acceptors (Lipinski definition) is 6. The first-order valence-electron chi connectivity index (χ1n) is 6.29. The molecule has 6 heteroatoms. The van der Waals surface area contributed by atoms with Crippen molar-refractivity contribution in [2.45, 2.75) is 25.6 Å². The Morgan fingerprint density at radius 3 is 2.17 bits per heavy atom. The van der Waals surface area contributed by atoms with Crippen LogP contribution in [0, 0.1) is 0 Å². The van der Waals surface area contributed by atoms with E-state index in [4.69, 9.17) is 9.47 Å². The van der Waals surface area contributed by atoms with Crippen LogP contribution in [-0.2, 0) is 9.47 Å². The van der Waals surface area contributed by atoms with Gasteiger partial charge < -0.3 is 19.7 Å². The maximum absolute atomic E-state index is 9.60. The van der Waals surface area contributed by atoms with Crippen molar-refractivity contribution in [2.24, 2.45) is 0 Å². The van der Waals surface area contributed by atoms with E-state index in [0.717, 1.165) is 17.3 Å². The molecule has 0 amide bonds. The van der Waals surface area contributed by atoms with Crippen molar-refractivity contribution in [3.05, 3.63) is 0 Å². The molecule has 0 spiro atoms. The Morgan fingerprint density at radius 2 is 1.61 bits per heavy atom. The predicted molar refractivity (Wildman–Crippen MR) is 79.6 cm³/mol. The molecule has 0 aliphatic carbocycles. The Hall–Kier alpha value is 0.540. The molecule has 0 aromatic rings. The van der Waals surface area contributed by atoms with Crippen molar-refractivity contribution in [2.75, 3.05) is 49.9 Å². The van der Waals surface area contributed by atoms with Crippen molar-refractivity contribution < 1.29 is 19.7 Å². The molecule has 0 aromatic heterocycles. The van der Waals surface area contributed by atoms with Crippen molar-refractivity contribution in [3.63, 3.8) is 0 Å². The summed E-state index contributed by atoms with van der Waals surface area (Å²) in [5, 5.41) is 18.8. The monoisotopic (exact) mass is 298 g/mol. The molecular formula is C12H26O4S2. The lowest BCUT2D eigenvalue weighted by Gasteiger charge is -2.12. The Labute approximate surface area is 119 Å². The number of thioether (sulfide) groups is 2. The summed E-state index contributed by atoms with van der Waals surface area (Å²) < 4.78 is 10.5. The smallest absolute Gasteiger partial charge is 0.0863 e. The average Bonchev–Trinajstić information content (AvgIpc) is 2.38. The van der Waals surface area contributed by atoms with E-state index >= 15 is 0 Å². The van der Waals surface area contributed by atoms with E-state index in [1.54, 1.807) is 11.8 Å². The van der Waals surface area contributed by atoms with Crippen molar-refractivity contribution >= 4 is 23.5 Å². The molecule has 0 rings (SSSR count). The maximum Gasteiger partial charge on any atom is 0.0863 e. The van der Waals surface area contributed by atoms with Gasteiger partial charge in [0.15, 0.2) is 0 Å². The zero-order chi connectivity index (χ0) is 13.6. The molecule has 0 heterocycles. The maximum atomic E-state index is 9.60. The SMILES string of the molecule is CCC(O)COCCOCC(O)CSCCSC. The summed E-state index contributed by atoms with van der Waals surface area (Å²) in [7, 11) is 0. The summed E-state index contributed by atoms with van der Waals surface area (Å²) in [5.74, 6) is 2.90. The molecule has 0 aliphatic heterocycles. The van der Waals surface area contributed by atoms with Crippen LogP contribution < -0.4 is 0 Å². The topological polar surface area (TPSA) is 58.9 Å². The number of aliphatic hydroxyl groups is 2. The normalized spacial score (nSPS) is 14.7. The summed E-state index contributed by atoms with van der Waals surface area (Å²) in [5.41, 5.74) is 0. The van der Waals surface area contributed by atoms with Gasteiger partial charge in [-0.3, -0.25) is 0 Å². The van der Waals surface area contributed by atoms with Crippen LogP contribution in [0.4, 0.5) is 0 Å². The second kappa shape index (κ2) is 14.0. The molecule has 0 aliphatic rings.